The molecule has 3 rings (SSSR count). The van der Waals surface area contributed by atoms with Crippen LogP contribution in [0.15, 0.2) is 11.4 Å². The van der Waals surface area contributed by atoms with E-state index in [9.17, 15) is 0 Å². The molecule has 2 aliphatic rings. The molecule has 0 spiro atoms. The lowest BCUT2D eigenvalue weighted by Gasteiger charge is -2.38. The number of rotatable bonds is 3. The summed E-state index contributed by atoms with van der Waals surface area (Å²) in [6.07, 6.45) is 9.72. The van der Waals surface area contributed by atoms with Crippen molar-refractivity contribution in [2.75, 3.05) is 13.1 Å². The molecule has 1 aromatic rings. The molecule has 0 bridgehead atoms. The lowest BCUT2D eigenvalue weighted by atomic mass is 9.89. The van der Waals surface area contributed by atoms with E-state index in [-0.39, 0.29) is 0 Å². The largest absolute Gasteiger partial charge is 0.329 e. The van der Waals surface area contributed by atoms with Crippen molar-refractivity contribution in [1.82, 2.24) is 4.90 Å². The minimum Gasteiger partial charge on any atom is -0.329 e. The Bertz CT molecular complexity index is 393. The zero-order chi connectivity index (χ0) is 13.1. The molecule has 19 heavy (non-hydrogen) atoms. The van der Waals surface area contributed by atoms with Gasteiger partial charge in [0.25, 0.3) is 0 Å². The number of nitrogens with zero attached hydrogens (tertiary/aromatic N) is 1. The standard InChI is InChI=1S/C16H26N2S/c17-11-15(13-5-3-1-2-4-6-13)18-9-7-16-14(12-18)8-10-19-16/h8,10,13,15H,1-7,9,11-12,17H2. The van der Waals surface area contributed by atoms with Crippen LogP contribution in [0.1, 0.15) is 49.0 Å². The second kappa shape index (κ2) is 6.38. The van der Waals surface area contributed by atoms with Gasteiger partial charge in [-0.15, -0.1) is 11.3 Å². The molecular weight excluding hydrogens is 252 g/mol. The van der Waals surface area contributed by atoms with Crippen LogP contribution in [0.5, 0.6) is 0 Å². The van der Waals surface area contributed by atoms with Gasteiger partial charge in [-0.05, 0) is 42.2 Å². The quantitative estimate of drug-likeness (QED) is 0.859. The van der Waals surface area contributed by atoms with Crippen LogP contribution in [-0.4, -0.2) is 24.0 Å². The van der Waals surface area contributed by atoms with Crippen LogP contribution in [0.25, 0.3) is 0 Å². The van der Waals surface area contributed by atoms with E-state index in [1.807, 2.05) is 11.3 Å². The van der Waals surface area contributed by atoms with Crippen molar-refractivity contribution < 1.29 is 0 Å². The smallest absolute Gasteiger partial charge is 0.0250 e. The third kappa shape index (κ3) is 3.04. The van der Waals surface area contributed by atoms with Crippen LogP contribution >= 0.6 is 11.3 Å². The summed E-state index contributed by atoms with van der Waals surface area (Å²) < 4.78 is 0. The van der Waals surface area contributed by atoms with Crippen LogP contribution in [0.4, 0.5) is 0 Å². The number of hydrogen-bond acceptors (Lipinski definition) is 3. The predicted octanol–water partition coefficient (Wildman–Crippen LogP) is 3.40. The van der Waals surface area contributed by atoms with E-state index < -0.39 is 0 Å². The summed E-state index contributed by atoms with van der Waals surface area (Å²) in [7, 11) is 0. The van der Waals surface area contributed by atoms with Crippen LogP contribution < -0.4 is 5.73 Å². The van der Waals surface area contributed by atoms with E-state index in [1.54, 1.807) is 10.4 Å². The van der Waals surface area contributed by atoms with Crippen molar-refractivity contribution in [1.29, 1.82) is 0 Å². The highest BCUT2D eigenvalue weighted by Gasteiger charge is 2.29. The molecule has 0 amide bonds. The molecule has 2 heterocycles. The maximum absolute atomic E-state index is 6.14. The molecule has 2 nitrogen and oxygen atoms in total. The first-order valence-corrected chi connectivity index (χ1v) is 8.76. The summed E-state index contributed by atoms with van der Waals surface area (Å²) in [5.74, 6) is 0.840. The Kier molecular flexibility index (Phi) is 4.57. The van der Waals surface area contributed by atoms with Crippen molar-refractivity contribution in [2.45, 2.75) is 57.5 Å². The van der Waals surface area contributed by atoms with Gasteiger partial charge in [0, 0.05) is 30.6 Å². The molecule has 0 radical (unpaired) electrons. The zero-order valence-corrected chi connectivity index (χ0v) is 12.6. The van der Waals surface area contributed by atoms with Crippen LogP contribution in [0.3, 0.4) is 0 Å². The maximum Gasteiger partial charge on any atom is 0.0250 e. The van der Waals surface area contributed by atoms with Crippen molar-refractivity contribution in [3.8, 4) is 0 Å². The minimum absolute atomic E-state index is 0.617. The molecule has 0 aromatic carbocycles. The highest BCUT2D eigenvalue weighted by Crippen LogP contribution is 2.31. The van der Waals surface area contributed by atoms with Crippen molar-refractivity contribution in [2.24, 2.45) is 11.7 Å². The van der Waals surface area contributed by atoms with E-state index in [0.29, 0.717) is 6.04 Å². The number of fused-ring (bicyclic) bond motifs is 1. The molecule has 1 aromatic heterocycles. The predicted molar refractivity (Wildman–Crippen MR) is 82.5 cm³/mol. The molecule has 3 heteroatoms. The highest BCUT2D eigenvalue weighted by molar-refractivity contribution is 7.10. The van der Waals surface area contributed by atoms with E-state index in [4.69, 9.17) is 5.73 Å². The average Bonchev–Trinajstić information content (AvgIpc) is 2.74. The van der Waals surface area contributed by atoms with Crippen molar-refractivity contribution in [3.63, 3.8) is 0 Å². The maximum atomic E-state index is 6.14. The van der Waals surface area contributed by atoms with Crippen LogP contribution in [-0.2, 0) is 13.0 Å². The Morgan fingerprint density at radius 3 is 2.79 bits per heavy atom. The SMILES string of the molecule is NCC(C1CCCCCC1)N1CCc2sccc2C1. The van der Waals surface area contributed by atoms with Crippen molar-refractivity contribution >= 4 is 11.3 Å². The Morgan fingerprint density at radius 1 is 1.26 bits per heavy atom. The van der Waals surface area contributed by atoms with Gasteiger partial charge in [0.15, 0.2) is 0 Å². The number of hydrogen-bond donors (Lipinski definition) is 1. The molecule has 106 valence electrons. The molecule has 1 aliphatic heterocycles. The van der Waals surface area contributed by atoms with Crippen LogP contribution in [0.2, 0.25) is 0 Å². The number of thiophene rings is 1. The van der Waals surface area contributed by atoms with E-state index in [2.05, 4.69) is 16.3 Å². The minimum atomic E-state index is 0.617. The summed E-state index contributed by atoms with van der Waals surface area (Å²) in [6, 6.07) is 2.93. The fraction of sp³-hybridized carbons (Fsp3) is 0.750. The Morgan fingerprint density at radius 2 is 2.05 bits per heavy atom. The summed E-state index contributed by atoms with van der Waals surface area (Å²) in [5, 5.41) is 2.25. The molecule has 1 aliphatic carbocycles. The van der Waals surface area contributed by atoms with Gasteiger partial charge in [0.1, 0.15) is 0 Å². The summed E-state index contributed by atoms with van der Waals surface area (Å²) in [5.41, 5.74) is 7.70. The molecule has 2 N–H and O–H groups in total. The van der Waals surface area contributed by atoms with Gasteiger partial charge in [-0.3, -0.25) is 4.90 Å². The van der Waals surface area contributed by atoms with E-state index in [0.717, 1.165) is 19.0 Å². The Hall–Kier alpha value is -0.380. The van der Waals surface area contributed by atoms with E-state index >= 15 is 0 Å². The summed E-state index contributed by atoms with van der Waals surface area (Å²) >= 11 is 1.93. The van der Waals surface area contributed by atoms with Gasteiger partial charge in [-0.25, -0.2) is 0 Å². The molecule has 1 fully saturated rings. The fourth-order valence-corrected chi connectivity index (χ4v) is 4.78. The van der Waals surface area contributed by atoms with Gasteiger partial charge in [0.2, 0.25) is 0 Å². The van der Waals surface area contributed by atoms with Gasteiger partial charge in [0.05, 0.1) is 0 Å². The van der Waals surface area contributed by atoms with Gasteiger partial charge in [-0.2, -0.15) is 0 Å². The van der Waals surface area contributed by atoms with Crippen LogP contribution in [0, 0.1) is 5.92 Å². The normalized spacial score (nSPS) is 23.8. The zero-order valence-electron chi connectivity index (χ0n) is 11.8. The molecule has 1 unspecified atom stereocenters. The topological polar surface area (TPSA) is 29.3 Å². The average molecular weight is 278 g/mol. The second-order valence-electron chi connectivity index (χ2n) is 6.14. The fourth-order valence-electron chi connectivity index (χ4n) is 3.89. The Balaban J connectivity index is 1.68. The second-order valence-corrected chi connectivity index (χ2v) is 7.14. The lowest BCUT2D eigenvalue weighted by Crippen LogP contribution is -2.47. The summed E-state index contributed by atoms with van der Waals surface area (Å²) in [4.78, 5) is 4.28. The first-order chi connectivity index (χ1) is 9.38. The summed E-state index contributed by atoms with van der Waals surface area (Å²) in [6.45, 7) is 3.19. The Labute approximate surface area is 121 Å². The molecule has 0 saturated heterocycles. The first-order valence-electron chi connectivity index (χ1n) is 7.88. The highest BCUT2D eigenvalue weighted by atomic mass is 32.1. The van der Waals surface area contributed by atoms with Gasteiger partial charge in [-0.1, -0.05) is 25.7 Å². The number of nitrogens with two attached hydrogens (primary N) is 1. The van der Waals surface area contributed by atoms with Gasteiger partial charge < -0.3 is 5.73 Å². The third-order valence-electron chi connectivity index (χ3n) is 4.99. The molecule has 1 atom stereocenters. The third-order valence-corrected chi connectivity index (χ3v) is 6.01. The lowest BCUT2D eigenvalue weighted by molar-refractivity contribution is 0.122. The monoisotopic (exact) mass is 278 g/mol. The van der Waals surface area contributed by atoms with E-state index in [1.165, 1.54) is 51.5 Å². The molecule has 1 saturated carbocycles. The van der Waals surface area contributed by atoms with Crippen molar-refractivity contribution in [3.05, 3.63) is 21.9 Å². The first kappa shape index (κ1) is 13.6. The van der Waals surface area contributed by atoms with Gasteiger partial charge >= 0.3 is 0 Å². The molecular formula is C16H26N2S.